The maximum atomic E-state index is 10.8. The van der Waals surface area contributed by atoms with Crippen molar-refractivity contribution >= 4 is 19.3 Å². The molecule has 0 aliphatic carbocycles. The Morgan fingerprint density at radius 1 is 1.80 bits per heavy atom. The van der Waals surface area contributed by atoms with Gasteiger partial charge >= 0.3 is 5.97 Å². The van der Waals surface area contributed by atoms with Crippen LogP contribution in [0.25, 0.3) is 0 Å². The first kappa shape index (κ1) is 6.93. The van der Waals surface area contributed by atoms with Crippen molar-refractivity contribution in [1.82, 2.24) is 4.98 Å². The minimum Gasteiger partial charge on any atom is -0.464 e. The lowest BCUT2D eigenvalue weighted by Crippen LogP contribution is -2.14. The second kappa shape index (κ2) is 2.60. The van der Waals surface area contributed by atoms with Gasteiger partial charge in [0.2, 0.25) is 0 Å². The Labute approximate surface area is 59.8 Å². The van der Waals surface area contributed by atoms with Gasteiger partial charge in [-0.05, 0) is 0 Å². The van der Waals surface area contributed by atoms with Crippen LogP contribution in [0.4, 0.5) is 0 Å². The summed E-state index contributed by atoms with van der Waals surface area (Å²) in [5.41, 5.74) is 1.44. The molecule has 3 nitrogen and oxygen atoms in total. The largest absolute Gasteiger partial charge is 0.464 e. The number of aromatic nitrogens is 1. The summed E-state index contributed by atoms with van der Waals surface area (Å²) in [4.78, 5) is 13.6. The molecule has 1 N–H and O–H groups in total. The number of methoxy groups -OCH3 is 1. The van der Waals surface area contributed by atoms with Crippen LogP contribution in [-0.2, 0) is 4.74 Å². The van der Waals surface area contributed by atoms with E-state index in [4.69, 9.17) is 0 Å². The molecule has 1 heterocycles. The lowest BCUT2D eigenvalue weighted by atomic mass is 9.97. The Kier molecular flexibility index (Phi) is 1.80. The highest BCUT2D eigenvalue weighted by molar-refractivity contribution is 6.35. The minimum absolute atomic E-state index is 0.317. The fourth-order valence-corrected chi connectivity index (χ4v) is 0.769. The summed E-state index contributed by atoms with van der Waals surface area (Å²) >= 11 is 0. The first-order valence-electron chi connectivity index (χ1n) is 2.98. The van der Waals surface area contributed by atoms with Crippen molar-refractivity contribution in [3.8, 4) is 0 Å². The van der Waals surface area contributed by atoms with Crippen LogP contribution in [0.2, 0.25) is 0 Å². The van der Waals surface area contributed by atoms with E-state index in [1.165, 1.54) is 7.11 Å². The van der Waals surface area contributed by atoms with Crippen LogP contribution in [0, 0.1) is 0 Å². The number of H-pyrrole nitrogens is 1. The fourth-order valence-electron chi connectivity index (χ4n) is 0.769. The summed E-state index contributed by atoms with van der Waals surface area (Å²) in [6, 6.07) is 1.83. The van der Waals surface area contributed by atoms with Gasteiger partial charge in [0.1, 0.15) is 13.5 Å². The van der Waals surface area contributed by atoms with E-state index < -0.39 is 0 Å². The van der Waals surface area contributed by atoms with E-state index in [1.54, 1.807) is 6.20 Å². The van der Waals surface area contributed by atoms with Crippen LogP contribution in [0.5, 0.6) is 0 Å². The zero-order chi connectivity index (χ0) is 7.56. The maximum absolute atomic E-state index is 10.8. The van der Waals surface area contributed by atoms with Gasteiger partial charge in [-0.2, -0.15) is 0 Å². The van der Waals surface area contributed by atoms with E-state index in [-0.39, 0.29) is 5.97 Å². The number of aromatic amines is 1. The lowest BCUT2D eigenvalue weighted by molar-refractivity contribution is 0.0596. The van der Waals surface area contributed by atoms with E-state index in [9.17, 15) is 4.79 Å². The van der Waals surface area contributed by atoms with E-state index in [0.717, 1.165) is 5.46 Å². The Balaban J connectivity index is 2.93. The van der Waals surface area contributed by atoms with Gasteiger partial charge < -0.3 is 9.72 Å². The average Bonchev–Trinajstić information content (AvgIpc) is 2.34. The second-order valence-corrected chi connectivity index (χ2v) is 2.03. The molecule has 0 atom stereocenters. The topological polar surface area (TPSA) is 42.1 Å². The highest BCUT2D eigenvalue weighted by Crippen LogP contribution is 1.91. The van der Waals surface area contributed by atoms with Gasteiger partial charge in [-0.25, -0.2) is 4.79 Å². The Hall–Kier alpha value is -1.19. The summed E-state index contributed by atoms with van der Waals surface area (Å²) in [5, 5.41) is 0. The Morgan fingerprint density at radius 2 is 2.50 bits per heavy atom. The average molecular weight is 137 g/mol. The molecule has 0 saturated carbocycles. The minimum atomic E-state index is -0.317. The van der Waals surface area contributed by atoms with E-state index in [2.05, 4.69) is 9.72 Å². The van der Waals surface area contributed by atoms with Gasteiger partial charge in [0, 0.05) is 6.20 Å². The monoisotopic (exact) mass is 137 g/mol. The van der Waals surface area contributed by atoms with E-state index in [1.807, 2.05) is 13.9 Å². The number of nitrogens with one attached hydrogen (secondary N) is 1. The number of hydrogen-bond acceptors (Lipinski definition) is 2. The van der Waals surface area contributed by atoms with E-state index in [0.29, 0.717) is 5.69 Å². The van der Waals surface area contributed by atoms with Crippen molar-refractivity contribution in [3.05, 3.63) is 18.0 Å². The lowest BCUT2D eigenvalue weighted by Gasteiger charge is -1.95. The first-order valence-corrected chi connectivity index (χ1v) is 2.98. The number of rotatable bonds is 1. The number of hydrogen-bond donors (Lipinski definition) is 1. The molecule has 1 aromatic heterocycles. The van der Waals surface area contributed by atoms with Crippen LogP contribution in [0.3, 0.4) is 0 Å². The molecule has 52 valence electrons. The first-order chi connectivity index (χ1) is 4.75. The molecule has 0 aromatic carbocycles. The molecule has 0 fully saturated rings. The molecule has 0 radical (unpaired) electrons. The van der Waals surface area contributed by atoms with Crippen LogP contribution in [0.1, 0.15) is 10.5 Å². The third-order valence-electron chi connectivity index (χ3n) is 1.34. The van der Waals surface area contributed by atoms with Gasteiger partial charge in [-0.3, -0.25) is 0 Å². The van der Waals surface area contributed by atoms with Gasteiger partial charge in [-0.15, -0.1) is 0 Å². The molecule has 0 saturated heterocycles. The zero-order valence-corrected chi connectivity index (χ0v) is 5.97. The zero-order valence-electron chi connectivity index (χ0n) is 5.97. The third-order valence-corrected chi connectivity index (χ3v) is 1.34. The van der Waals surface area contributed by atoms with Crippen LogP contribution < -0.4 is 5.46 Å². The van der Waals surface area contributed by atoms with Crippen molar-refractivity contribution in [3.63, 3.8) is 0 Å². The Bertz CT molecular complexity index is 244. The molecule has 0 unspecified atom stereocenters. The molecule has 0 bridgehead atoms. The highest BCUT2D eigenvalue weighted by Gasteiger charge is 2.07. The number of carbonyl (C=O) groups is 1. The molecular formula is C6H8BNO2. The van der Waals surface area contributed by atoms with E-state index >= 15 is 0 Å². The van der Waals surface area contributed by atoms with Crippen LogP contribution >= 0.6 is 0 Å². The molecule has 4 heteroatoms. The number of esters is 1. The van der Waals surface area contributed by atoms with Crippen molar-refractivity contribution in [2.24, 2.45) is 0 Å². The van der Waals surface area contributed by atoms with Gasteiger partial charge in [0.05, 0.1) is 7.11 Å². The summed E-state index contributed by atoms with van der Waals surface area (Å²) in [5.74, 6) is -0.317. The molecule has 10 heavy (non-hydrogen) atoms. The van der Waals surface area contributed by atoms with Gasteiger partial charge in [0.25, 0.3) is 0 Å². The molecule has 0 amide bonds. The Morgan fingerprint density at radius 3 is 2.90 bits per heavy atom. The predicted octanol–water partition coefficient (Wildman–Crippen LogP) is -0.940. The highest BCUT2D eigenvalue weighted by atomic mass is 16.5. The molecule has 0 spiro atoms. The van der Waals surface area contributed by atoms with Gasteiger partial charge in [0.15, 0.2) is 0 Å². The second-order valence-electron chi connectivity index (χ2n) is 2.03. The number of carbonyl (C=O) groups excluding carboxylic acids is 1. The SMILES string of the molecule is Bc1cc[nH]c1C(=O)OC. The summed E-state index contributed by atoms with van der Waals surface area (Å²) < 4.78 is 4.51. The van der Waals surface area contributed by atoms with Crippen molar-refractivity contribution in [2.75, 3.05) is 7.11 Å². The molecule has 1 rings (SSSR count). The van der Waals surface area contributed by atoms with Crippen molar-refractivity contribution in [1.29, 1.82) is 0 Å². The third kappa shape index (κ3) is 1.05. The standard InChI is InChI=1S/C6H8BNO2/c1-10-6(9)5-4(7)2-3-8-5/h2-3,8H,7H2,1H3. The van der Waals surface area contributed by atoms with Gasteiger partial charge in [-0.1, -0.05) is 11.5 Å². The van der Waals surface area contributed by atoms with Crippen LogP contribution in [0.15, 0.2) is 12.3 Å². The van der Waals surface area contributed by atoms with Crippen molar-refractivity contribution < 1.29 is 9.53 Å². The van der Waals surface area contributed by atoms with Crippen LogP contribution in [-0.4, -0.2) is 25.9 Å². The summed E-state index contributed by atoms with van der Waals surface area (Å²) in [6.45, 7) is 0. The maximum Gasteiger partial charge on any atom is 0.353 e. The van der Waals surface area contributed by atoms with Crippen molar-refractivity contribution in [2.45, 2.75) is 0 Å². The smallest absolute Gasteiger partial charge is 0.353 e. The number of ether oxygens (including phenoxy) is 1. The summed E-state index contributed by atoms with van der Waals surface area (Å²) in [7, 11) is 3.21. The molecule has 0 aliphatic heterocycles. The normalized spacial score (nSPS) is 9.30. The molecule has 1 aromatic rings. The molecular weight excluding hydrogens is 129 g/mol. The quantitative estimate of drug-likeness (QED) is 0.401. The fraction of sp³-hybridized carbons (Fsp3) is 0.167. The molecule has 0 aliphatic rings. The predicted molar refractivity (Wildman–Crippen MR) is 40.3 cm³/mol. The summed E-state index contributed by atoms with van der Waals surface area (Å²) in [6.07, 6.45) is 1.71.